The van der Waals surface area contributed by atoms with Crippen LogP contribution in [0, 0.1) is 0 Å². The number of hydrogen-bond acceptors (Lipinski definition) is 7. The monoisotopic (exact) mass is 405 g/mol. The van der Waals surface area contributed by atoms with Gasteiger partial charge in [-0.25, -0.2) is 0 Å². The van der Waals surface area contributed by atoms with Gasteiger partial charge in [0, 0.05) is 44.6 Å². The number of piperazine rings is 1. The van der Waals surface area contributed by atoms with Gasteiger partial charge in [-0.1, -0.05) is 12.1 Å². The molecular weight excluding hydrogens is 370 g/mol. The average Bonchev–Trinajstić information content (AvgIpc) is 2.68. The van der Waals surface area contributed by atoms with Crippen molar-refractivity contribution in [3.8, 4) is 0 Å². The fraction of sp³-hybridized carbons (Fsp3) is 0.682. The highest BCUT2D eigenvalue weighted by Crippen LogP contribution is 2.24. The van der Waals surface area contributed by atoms with Gasteiger partial charge in [-0.2, -0.15) is 0 Å². The van der Waals surface area contributed by atoms with Crippen LogP contribution in [0.2, 0.25) is 0 Å². The smallest absolute Gasteiger partial charge is 0.323 e. The second-order valence-corrected chi connectivity index (χ2v) is 9.02. The molecule has 0 radical (unpaired) electrons. The van der Waals surface area contributed by atoms with Crippen molar-refractivity contribution in [1.29, 1.82) is 0 Å². The normalized spacial score (nSPS) is 23.1. The predicted octanol–water partition coefficient (Wildman–Crippen LogP) is 1.52. The van der Waals surface area contributed by atoms with Crippen molar-refractivity contribution in [1.82, 2.24) is 4.90 Å². The van der Waals surface area contributed by atoms with Crippen LogP contribution in [0.1, 0.15) is 39.2 Å². The molecule has 1 aromatic rings. The van der Waals surface area contributed by atoms with E-state index in [1.54, 1.807) is 0 Å². The number of esters is 1. The van der Waals surface area contributed by atoms with Gasteiger partial charge in [0.25, 0.3) is 0 Å². The van der Waals surface area contributed by atoms with Crippen LogP contribution in [0.3, 0.4) is 0 Å². The minimum Gasteiger partial charge on any atom is -0.459 e. The summed E-state index contributed by atoms with van der Waals surface area (Å²) < 4.78 is 10.8. The maximum absolute atomic E-state index is 12.1. The molecule has 29 heavy (non-hydrogen) atoms. The summed E-state index contributed by atoms with van der Waals surface area (Å²) in [5, 5.41) is 10.7. The number of nitrogens with two attached hydrogens (primary N) is 1. The van der Waals surface area contributed by atoms with E-state index in [1.807, 2.05) is 49.9 Å². The van der Waals surface area contributed by atoms with Crippen molar-refractivity contribution >= 4 is 11.7 Å². The quantitative estimate of drug-likeness (QED) is 0.718. The number of ether oxygens (including phenoxy) is 2. The van der Waals surface area contributed by atoms with Gasteiger partial charge in [0.1, 0.15) is 17.9 Å². The first-order chi connectivity index (χ1) is 13.7. The fourth-order valence-corrected chi connectivity index (χ4v) is 4.01. The Labute approximate surface area is 173 Å². The summed E-state index contributed by atoms with van der Waals surface area (Å²) >= 11 is 0. The Hall–Kier alpha value is -1.67. The number of carbonyl (C=O) groups is 1. The molecule has 3 rings (SSSR count). The Bertz CT molecular complexity index is 668. The van der Waals surface area contributed by atoms with Crippen LogP contribution in [-0.4, -0.2) is 72.7 Å². The van der Waals surface area contributed by atoms with Gasteiger partial charge in [-0.3, -0.25) is 9.69 Å². The van der Waals surface area contributed by atoms with Gasteiger partial charge < -0.3 is 25.2 Å². The molecule has 2 aliphatic heterocycles. The lowest BCUT2D eigenvalue weighted by molar-refractivity contribution is -0.156. The highest BCUT2D eigenvalue weighted by molar-refractivity contribution is 5.76. The van der Waals surface area contributed by atoms with Crippen LogP contribution in [0.25, 0.3) is 0 Å². The molecule has 3 N–H and O–H groups in total. The second kappa shape index (κ2) is 9.43. The third-order valence-electron chi connectivity index (χ3n) is 5.53. The lowest BCUT2D eigenvalue weighted by Crippen LogP contribution is -2.56. The summed E-state index contributed by atoms with van der Waals surface area (Å²) in [6, 6.07) is 7.74. The van der Waals surface area contributed by atoms with E-state index in [1.165, 1.54) is 0 Å². The zero-order valence-corrected chi connectivity index (χ0v) is 17.8. The molecule has 0 amide bonds. The fourth-order valence-electron chi connectivity index (χ4n) is 4.01. The Morgan fingerprint density at radius 3 is 2.48 bits per heavy atom. The van der Waals surface area contributed by atoms with Crippen molar-refractivity contribution in [2.24, 2.45) is 5.73 Å². The molecule has 2 aliphatic rings. The summed E-state index contributed by atoms with van der Waals surface area (Å²) in [5.41, 5.74) is 7.43. The van der Waals surface area contributed by atoms with Gasteiger partial charge in [0.2, 0.25) is 0 Å². The first-order valence-electron chi connectivity index (χ1n) is 10.6. The Balaban J connectivity index is 1.54. The third-order valence-corrected chi connectivity index (χ3v) is 5.53. The van der Waals surface area contributed by atoms with Gasteiger partial charge in [0.15, 0.2) is 0 Å². The molecule has 2 saturated heterocycles. The zero-order chi connectivity index (χ0) is 21.0. The van der Waals surface area contributed by atoms with Gasteiger partial charge in [-0.05, 0) is 57.7 Å². The van der Waals surface area contributed by atoms with Crippen LogP contribution in [0.5, 0.6) is 0 Å². The summed E-state index contributed by atoms with van der Waals surface area (Å²) in [4.78, 5) is 16.5. The van der Waals surface area contributed by atoms with Crippen molar-refractivity contribution in [3.63, 3.8) is 0 Å². The largest absolute Gasteiger partial charge is 0.459 e. The minimum absolute atomic E-state index is 0.388. The molecule has 0 bridgehead atoms. The summed E-state index contributed by atoms with van der Waals surface area (Å²) in [5.74, 6) is -0.388. The van der Waals surface area contributed by atoms with Crippen LogP contribution in [0.4, 0.5) is 5.69 Å². The molecule has 0 aliphatic carbocycles. The van der Waals surface area contributed by atoms with E-state index in [0.29, 0.717) is 19.0 Å². The topological polar surface area (TPSA) is 88.3 Å². The maximum atomic E-state index is 12.1. The summed E-state index contributed by atoms with van der Waals surface area (Å²) in [6.07, 6.45) is 1.98. The number of aliphatic hydroxyl groups is 1. The van der Waals surface area contributed by atoms with Crippen LogP contribution in [-0.2, 0) is 20.7 Å². The first-order valence-corrected chi connectivity index (χ1v) is 10.6. The molecule has 0 spiro atoms. The van der Waals surface area contributed by atoms with E-state index in [0.717, 1.165) is 50.4 Å². The number of β-amino-alcohol motifs (C(OH)–C–C–N with tert-alkyl or cyclic N) is 1. The maximum Gasteiger partial charge on any atom is 0.323 e. The van der Waals surface area contributed by atoms with E-state index in [-0.39, 0.29) is 5.97 Å². The number of hydrogen-bond donors (Lipinski definition) is 2. The third kappa shape index (κ3) is 6.15. The summed E-state index contributed by atoms with van der Waals surface area (Å²) in [6.45, 7) is 9.50. The Morgan fingerprint density at radius 1 is 1.24 bits per heavy atom. The van der Waals surface area contributed by atoms with E-state index in [2.05, 4.69) is 4.90 Å². The highest BCUT2D eigenvalue weighted by atomic mass is 16.6. The van der Waals surface area contributed by atoms with Crippen molar-refractivity contribution in [2.75, 3.05) is 37.7 Å². The summed E-state index contributed by atoms with van der Waals surface area (Å²) in [7, 11) is 0. The number of benzene rings is 1. The molecule has 0 unspecified atom stereocenters. The average molecular weight is 406 g/mol. The van der Waals surface area contributed by atoms with E-state index >= 15 is 0 Å². The van der Waals surface area contributed by atoms with E-state index in [4.69, 9.17) is 15.2 Å². The van der Waals surface area contributed by atoms with Crippen LogP contribution in [0.15, 0.2) is 24.3 Å². The number of anilines is 1. The minimum atomic E-state index is -0.686. The van der Waals surface area contributed by atoms with Crippen LogP contribution >= 0.6 is 0 Å². The molecular formula is C22H35N3O4. The zero-order valence-electron chi connectivity index (χ0n) is 17.8. The lowest BCUT2D eigenvalue weighted by atomic mass is 10.0. The molecule has 7 nitrogen and oxygen atoms in total. The molecule has 0 saturated carbocycles. The molecule has 7 heteroatoms. The molecule has 2 fully saturated rings. The van der Waals surface area contributed by atoms with Crippen molar-refractivity contribution in [3.05, 3.63) is 29.8 Å². The first kappa shape index (κ1) is 22.0. The molecule has 162 valence electrons. The van der Waals surface area contributed by atoms with Crippen LogP contribution < -0.4 is 10.6 Å². The number of carbonyl (C=O) groups excluding carboxylic acids is 1. The number of nitrogens with zero attached hydrogens (tertiary/aromatic N) is 2. The number of rotatable bonds is 5. The standard InChI is InChI=1S/C22H35N3O4/c1-22(2,3)29-21(27)19(23)14-16-4-6-18(7-5-16)25-11-10-24(15-20(25)26)17-8-12-28-13-9-17/h4-7,17,19-20,26H,8-15,23H2,1-3H3/t19-,20-/m0/s1. The number of aliphatic hydroxyl groups excluding tert-OH is 1. The molecule has 1 aromatic carbocycles. The molecule has 0 aromatic heterocycles. The van der Waals surface area contributed by atoms with Gasteiger partial charge >= 0.3 is 5.97 Å². The van der Waals surface area contributed by atoms with Crippen molar-refractivity contribution < 1.29 is 19.4 Å². The lowest BCUT2D eigenvalue weighted by Gasteiger charge is -2.44. The van der Waals surface area contributed by atoms with Gasteiger partial charge in [0.05, 0.1) is 0 Å². The van der Waals surface area contributed by atoms with E-state index < -0.39 is 17.9 Å². The second-order valence-electron chi connectivity index (χ2n) is 9.02. The Morgan fingerprint density at radius 2 is 1.90 bits per heavy atom. The van der Waals surface area contributed by atoms with Gasteiger partial charge in [-0.15, -0.1) is 0 Å². The molecule has 2 atom stereocenters. The highest BCUT2D eigenvalue weighted by Gasteiger charge is 2.30. The van der Waals surface area contributed by atoms with E-state index in [9.17, 15) is 9.90 Å². The predicted molar refractivity (Wildman–Crippen MR) is 113 cm³/mol. The SMILES string of the molecule is CC(C)(C)OC(=O)[C@@H](N)Cc1ccc(N2CCN(C3CCOCC3)C[C@@H]2O)cc1. The Kier molecular flexibility index (Phi) is 7.16. The van der Waals surface area contributed by atoms with Crippen molar-refractivity contribution in [2.45, 2.75) is 63.9 Å². The molecule has 2 heterocycles.